The summed E-state index contributed by atoms with van der Waals surface area (Å²) in [5.41, 5.74) is 2.34. The SMILES string of the molecule is CCc1cc(NC2COCC2Cc2ccncc2)nc(N2CCOCC2)n1. The van der Waals surface area contributed by atoms with Gasteiger partial charge >= 0.3 is 0 Å². The molecule has 0 saturated carbocycles. The summed E-state index contributed by atoms with van der Waals surface area (Å²) < 4.78 is 11.2. The number of nitrogens with one attached hydrogen (secondary N) is 1. The van der Waals surface area contributed by atoms with Gasteiger partial charge in [-0.2, -0.15) is 4.98 Å². The van der Waals surface area contributed by atoms with Crippen LogP contribution in [-0.2, 0) is 22.3 Å². The summed E-state index contributed by atoms with van der Waals surface area (Å²) in [5.74, 6) is 2.10. The zero-order chi connectivity index (χ0) is 18.5. The van der Waals surface area contributed by atoms with Crippen LogP contribution in [0.15, 0.2) is 30.6 Å². The van der Waals surface area contributed by atoms with E-state index in [2.05, 4.69) is 40.3 Å². The Bertz CT molecular complexity index is 736. The highest BCUT2D eigenvalue weighted by atomic mass is 16.5. The van der Waals surface area contributed by atoms with E-state index in [-0.39, 0.29) is 6.04 Å². The van der Waals surface area contributed by atoms with Gasteiger partial charge in [0.05, 0.1) is 32.5 Å². The Morgan fingerprint density at radius 2 is 1.93 bits per heavy atom. The lowest BCUT2D eigenvalue weighted by molar-refractivity contribution is 0.122. The summed E-state index contributed by atoms with van der Waals surface area (Å²) >= 11 is 0. The van der Waals surface area contributed by atoms with Gasteiger partial charge in [0.1, 0.15) is 5.82 Å². The summed E-state index contributed by atoms with van der Waals surface area (Å²) in [4.78, 5) is 15.8. The van der Waals surface area contributed by atoms with Crippen molar-refractivity contribution in [1.82, 2.24) is 15.0 Å². The van der Waals surface area contributed by atoms with E-state index in [0.717, 1.165) is 63.2 Å². The Morgan fingerprint density at radius 1 is 1.11 bits per heavy atom. The van der Waals surface area contributed by atoms with Crippen LogP contribution in [0.5, 0.6) is 0 Å². The van der Waals surface area contributed by atoms with Crippen molar-refractivity contribution >= 4 is 11.8 Å². The van der Waals surface area contributed by atoms with Crippen LogP contribution >= 0.6 is 0 Å². The van der Waals surface area contributed by atoms with E-state index in [9.17, 15) is 0 Å². The lowest BCUT2D eigenvalue weighted by Crippen LogP contribution is -2.38. The maximum Gasteiger partial charge on any atom is 0.227 e. The Hall–Kier alpha value is -2.25. The topological polar surface area (TPSA) is 72.4 Å². The summed E-state index contributed by atoms with van der Waals surface area (Å²) in [6.07, 6.45) is 5.55. The monoisotopic (exact) mass is 369 g/mol. The third kappa shape index (κ3) is 4.54. The van der Waals surface area contributed by atoms with Crippen molar-refractivity contribution in [2.75, 3.05) is 49.7 Å². The van der Waals surface area contributed by atoms with Crippen LogP contribution in [0.3, 0.4) is 0 Å². The Morgan fingerprint density at radius 3 is 2.70 bits per heavy atom. The smallest absolute Gasteiger partial charge is 0.227 e. The Balaban J connectivity index is 1.48. The van der Waals surface area contributed by atoms with Crippen LogP contribution in [-0.4, -0.2) is 60.5 Å². The average Bonchev–Trinajstić information content (AvgIpc) is 3.15. The molecule has 1 N–H and O–H groups in total. The highest BCUT2D eigenvalue weighted by molar-refractivity contribution is 5.45. The van der Waals surface area contributed by atoms with Crippen molar-refractivity contribution in [3.63, 3.8) is 0 Å². The second-order valence-electron chi connectivity index (χ2n) is 7.11. The van der Waals surface area contributed by atoms with E-state index in [0.29, 0.717) is 12.5 Å². The van der Waals surface area contributed by atoms with Crippen LogP contribution < -0.4 is 10.2 Å². The van der Waals surface area contributed by atoms with Gasteiger partial charge in [0.15, 0.2) is 0 Å². The predicted molar refractivity (Wildman–Crippen MR) is 104 cm³/mol. The molecule has 2 aliphatic rings. The van der Waals surface area contributed by atoms with Gasteiger partial charge in [-0.15, -0.1) is 0 Å². The molecule has 2 aromatic rings. The average molecular weight is 369 g/mol. The van der Waals surface area contributed by atoms with E-state index in [1.165, 1.54) is 5.56 Å². The summed E-state index contributed by atoms with van der Waals surface area (Å²) in [7, 11) is 0. The maximum absolute atomic E-state index is 5.77. The molecule has 0 spiro atoms. The molecule has 7 nitrogen and oxygen atoms in total. The number of aromatic nitrogens is 3. The van der Waals surface area contributed by atoms with Crippen LogP contribution in [0.25, 0.3) is 0 Å². The minimum Gasteiger partial charge on any atom is -0.379 e. The number of aryl methyl sites for hydroxylation is 1. The number of rotatable bonds is 6. The molecular formula is C20H27N5O2. The van der Waals surface area contributed by atoms with E-state index >= 15 is 0 Å². The van der Waals surface area contributed by atoms with E-state index < -0.39 is 0 Å². The summed E-state index contributed by atoms with van der Waals surface area (Å²) in [6.45, 7) is 6.73. The van der Waals surface area contributed by atoms with Gasteiger partial charge < -0.3 is 19.7 Å². The number of morpholine rings is 1. The molecule has 27 heavy (non-hydrogen) atoms. The van der Waals surface area contributed by atoms with Crippen molar-refractivity contribution in [2.24, 2.45) is 5.92 Å². The highest BCUT2D eigenvalue weighted by Crippen LogP contribution is 2.23. The third-order valence-electron chi connectivity index (χ3n) is 5.20. The zero-order valence-electron chi connectivity index (χ0n) is 15.8. The predicted octanol–water partition coefficient (Wildman–Crippen LogP) is 1.94. The molecule has 0 amide bonds. The molecule has 4 rings (SSSR count). The van der Waals surface area contributed by atoms with Crippen molar-refractivity contribution in [2.45, 2.75) is 25.8 Å². The second kappa shape index (κ2) is 8.63. The van der Waals surface area contributed by atoms with Crippen molar-refractivity contribution in [1.29, 1.82) is 0 Å². The van der Waals surface area contributed by atoms with Gasteiger partial charge in [-0.3, -0.25) is 4.98 Å². The highest BCUT2D eigenvalue weighted by Gasteiger charge is 2.29. The number of nitrogens with zero attached hydrogens (tertiary/aromatic N) is 4. The molecule has 0 radical (unpaired) electrons. The molecule has 2 aromatic heterocycles. The fourth-order valence-corrected chi connectivity index (χ4v) is 3.61. The van der Waals surface area contributed by atoms with Gasteiger partial charge in [0, 0.05) is 43.2 Å². The van der Waals surface area contributed by atoms with Crippen molar-refractivity contribution in [3.8, 4) is 0 Å². The largest absolute Gasteiger partial charge is 0.379 e. The van der Waals surface area contributed by atoms with Gasteiger partial charge in [-0.05, 0) is 30.5 Å². The summed E-state index contributed by atoms with van der Waals surface area (Å²) in [6, 6.07) is 6.46. The molecule has 4 heterocycles. The molecule has 2 fully saturated rings. The van der Waals surface area contributed by atoms with E-state index in [4.69, 9.17) is 19.4 Å². The normalized spacial score (nSPS) is 22.8. The first-order valence-corrected chi connectivity index (χ1v) is 9.75. The standard InChI is InChI=1S/C20H27N5O2/c1-2-17-12-19(24-20(22-17)25-7-9-26-10-8-25)23-18-14-27-13-16(18)11-15-3-5-21-6-4-15/h3-6,12,16,18H,2,7-11,13-14H2,1H3,(H,22,23,24). The number of hydrogen-bond donors (Lipinski definition) is 1. The molecule has 2 saturated heterocycles. The van der Waals surface area contributed by atoms with Crippen LogP contribution in [0.2, 0.25) is 0 Å². The molecule has 2 atom stereocenters. The molecule has 7 heteroatoms. The first-order chi connectivity index (χ1) is 13.3. The van der Waals surface area contributed by atoms with Crippen LogP contribution in [0, 0.1) is 5.92 Å². The number of hydrogen-bond acceptors (Lipinski definition) is 7. The van der Waals surface area contributed by atoms with Gasteiger partial charge in [0.25, 0.3) is 0 Å². The number of pyridine rings is 1. The minimum atomic E-state index is 0.246. The van der Waals surface area contributed by atoms with Gasteiger partial charge in [-0.1, -0.05) is 6.92 Å². The lowest BCUT2D eigenvalue weighted by Gasteiger charge is -2.28. The lowest BCUT2D eigenvalue weighted by atomic mass is 9.95. The van der Waals surface area contributed by atoms with Crippen molar-refractivity contribution < 1.29 is 9.47 Å². The molecule has 0 bridgehead atoms. The molecular weight excluding hydrogens is 342 g/mol. The summed E-state index contributed by atoms with van der Waals surface area (Å²) in [5, 5.41) is 3.62. The van der Waals surface area contributed by atoms with Crippen LogP contribution in [0.4, 0.5) is 11.8 Å². The fourth-order valence-electron chi connectivity index (χ4n) is 3.61. The third-order valence-corrected chi connectivity index (χ3v) is 5.20. The first kappa shape index (κ1) is 18.1. The van der Waals surface area contributed by atoms with Gasteiger partial charge in [-0.25, -0.2) is 4.98 Å². The first-order valence-electron chi connectivity index (χ1n) is 9.75. The van der Waals surface area contributed by atoms with E-state index in [1.54, 1.807) is 0 Å². The molecule has 0 aromatic carbocycles. The Labute approximate surface area is 160 Å². The van der Waals surface area contributed by atoms with Crippen LogP contribution in [0.1, 0.15) is 18.2 Å². The minimum absolute atomic E-state index is 0.246. The van der Waals surface area contributed by atoms with Gasteiger partial charge in [0.2, 0.25) is 5.95 Å². The number of anilines is 2. The fraction of sp³-hybridized carbons (Fsp3) is 0.550. The number of ether oxygens (including phenoxy) is 2. The van der Waals surface area contributed by atoms with E-state index in [1.807, 2.05) is 12.4 Å². The molecule has 2 aliphatic heterocycles. The molecule has 2 unspecified atom stereocenters. The second-order valence-corrected chi connectivity index (χ2v) is 7.11. The molecule has 144 valence electrons. The zero-order valence-corrected chi connectivity index (χ0v) is 15.8. The van der Waals surface area contributed by atoms with Crippen molar-refractivity contribution in [3.05, 3.63) is 41.9 Å². The quantitative estimate of drug-likeness (QED) is 0.834. The maximum atomic E-state index is 5.77. The Kier molecular flexibility index (Phi) is 5.79. The molecule has 0 aliphatic carbocycles.